The van der Waals surface area contributed by atoms with Crippen LogP contribution in [0.5, 0.6) is 0 Å². The molecule has 10 heteroatoms. The van der Waals surface area contributed by atoms with E-state index in [9.17, 15) is 17.6 Å². The van der Waals surface area contributed by atoms with Crippen molar-refractivity contribution in [3.63, 3.8) is 0 Å². The third-order valence-electron chi connectivity index (χ3n) is 3.18. The highest BCUT2D eigenvalue weighted by Crippen LogP contribution is 2.40. The Balaban J connectivity index is 2.33. The van der Waals surface area contributed by atoms with Crippen molar-refractivity contribution in [3.05, 3.63) is 56.1 Å². The van der Waals surface area contributed by atoms with Gasteiger partial charge in [-0.15, -0.1) is 13.2 Å². The van der Waals surface area contributed by atoms with Gasteiger partial charge in [-0.1, -0.05) is 11.6 Å². The number of fused-ring (bicyclic) bond motifs is 1. The van der Waals surface area contributed by atoms with Gasteiger partial charge in [-0.25, -0.2) is 14.3 Å². The molecule has 0 aliphatic rings. The van der Waals surface area contributed by atoms with Crippen molar-refractivity contribution in [1.82, 2.24) is 9.97 Å². The molecule has 1 heterocycles. The first-order valence-corrected chi connectivity index (χ1v) is 8.44. The third kappa shape index (κ3) is 3.90. The van der Waals surface area contributed by atoms with Gasteiger partial charge in [0.2, 0.25) is 5.28 Å². The molecule has 0 unspecified atom stereocenters. The van der Waals surface area contributed by atoms with Crippen LogP contribution in [-0.4, -0.2) is 16.3 Å². The first-order valence-electron chi connectivity index (χ1n) is 6.61. The molecule has 0 saturated heterocycles. The van der Waals surface area contributed by atoms with Gasteiger partial charge in [0.05, 0.1) is 11.2 Å². The van der Waals surface area contributed by atoms with Gasteiger partial charge in [0.25, 0.3) is 0 Å². The quantitative estimate of drug-likeness (QED) is 0.178. The Morgan fingerprint density at radius 1 is 1.00 bits per heavy atom. The lowest BCUT2D eigenvalue weighted by molar-refractivity contribution is -0.121. The van der Waals surface area contributed by atoms with E-state index < -0.39 is 23.6 Å². The van der Waals surface area contributed by atoms with Crippen molar-refractivity contribution >= 4 is 68.2 Å². The van der Waals surface area contributed by atoms with E-state index in [2.05, 4.69) is 9.97 Å². The molecule has 2 aromatic carbocycles. The van der Waals surface area contributed by atoms with Crippen LogP contribution in [-0.2, 0) is 0 Å². The van der Waals surface area contributed by atoms with Gasteiger partial charge >= 0.3 is 6.30 Å². The summed E-state index contributed by atoms with van der Waals surface area (Å²) in [6, 6.07) is 7.21. The predicted molar refractivity (Wildman–Crippen MR) is 96.9 cm³/mol. The standard InChI is InChI=1S/C15H6Cl2F4IN3/c16-7-1-2-11-12(3-7)23-14(17)24-13(11)25(15(19,20)21)10-5-8(18)4-9(22)6-10/h1-6H. The van der Waals surface area contributed by atoms with Crippen molar-refractivity contribution in [1.29, 1.82) is 0 Å². The van der Waals surface area contributed by atoms with Gasteiger partial charge in [-0.3, -0.25) is 0 Å². The average molecular weight is 502 g/mol. The van der Waals surface area contributed by atoms with E-state index in [4.69, 9.17) is 23.2 Å². The first kappa shape index (κ1) is 18.4. The molecule has 0 saturated carbocycles. The van der Waals surface area contributed by atoms with Crippen LogP contribution >= 0.6 is 45.8 Å². The minimum Gasteiger partial charge on any atom is -0.235 e. The lowest BCUT2D eigenvalue weighted by Crippen LogP contribution is -2.34. The van der Waals surface area contributed by atoms with Gasteiger partial charge in [0, 0.05) is 14.0 Å². The van der Waals surface area contributed by atoms with Crippen molar-refractivity contribution in [2.45, 2.75) is 6.30 Å². The van der Waals surface area contributed by atoms with Crippen LogP contribution in [0.15, 0.2) is 36.4 Å². The highest BCUT2D eigenvalue weighted by molar-refractivity contribution is 14.1. The minimum atomic E-state index is -4.87. The van der Waals surface area contributed by atoms with Crippen LogP contribution in [0.1, 0.15) is 0 Å². The number of alkyl halides is 3. The normalized spacial score (nSPS) is 11.8. The van der Waals surface area contributed by atoms with Gasteiger partial charge in [-0.2, -0.15) is 4.98 Å². The molecule has 0 radical (unpaired) electrons. The number of rotatable bonds is 2. The van der Waals surface area contributed by atoms with Crippen molar-refractivity contribution < 1.29 is 17.6 Å². The SMILES string of the molecule is Fc1cc(I)cc(N(c2nc(Cl)nc3cc(Cl)ccc23)C(F)(F)F)c1. The molecule has 25 heavy (non-hydrogen) atoms. The zero-order valence-corrected chi connectivity index (χ0v) is 15.6. The fourth-order valence-corrected chi connectivity index (χ4v) is 3.24. The summed E-state index contributed by atoms with van der Waals surface area (Å²) in [5.74, 6) is -1.32. The van der Waals surface area contributed by atoms with E-state index in [-0.39, 0.29) is 26.1 Å². The molecule has 3 rings (SSSR count). The zero-order valence-electron chi connectivity index (χ0n) is 12.0. The van der Waals surface area contributed by atoms with Crippen molar-refractivity contribution in [3.8, 4) is 0 Å². The number of hydrogen-bond donors (Lipinski definition) is 0. The molecular weight excluding hydrogens is 496 g/mol. The summed E-state index contributed by atoms with van der Waals surface area (Å²) in [4.78, 5) is 7.58. The van der Waals surface area contributed by atoms with E-state index >= 15 is 0 Å². The van der Waals surface area contributed by atoms with Gasteiger partial charge in [0.15, 0.2) is 5.82 Å². The number of nitrogens with zero attached hydrogens (tertiary/aromatic N) is 3. The minimum absolute atomic E-state index is 0.0396. The maximum atomic E-state index is 13.8. The van der Waals surface area contributed by atoms with Crippen LogP contribution in [0.4, 0.5) is 29.1 Å². The molecule has 0 spiro atoms. The molecule has 0 N–H and O–H groups in total. The Labute approximate surface area is 162 Å². The number of anilines is 2. The Hall–Kier alpha value is -1.39. The first-order chi connectivity index (χ1) is 11.6. The van der Waals surface area contributed by atoms with E-state index in [1.807, 2.05) is 0 Å². The smallest absolute Gasteiger partial charge is 0.235 e. The summed E-state index contributed by atoms with van der Waals surface area (Å²) in [5.41, 5.74) is -0.286. The maximum Gasteiger partial charge on any atom is 0.490 e. The molecule has 0 bridgehead atoms. The number of hydrogen-bond acceptors (Lipinski definition) is 3. The summed E-state index contributed by atoms with van der Waals surface area (Å²) in [6.45, 7) is 0. The summed E-state index contributed by atoms with van der Waals surface area (Å²) in [6.07, 6.45) is -4.87. The molecular formula is C15H6Cl2F4IN3. The van der Waals surface area contributed by atoms with Gasteiger partial charge in [0.1, 0.15) is 5.82 Å². The van der Waals surface area contributed by atoms with Crippen LogP contribution in [0.3, 0.4) is 0 Å². The molecule has 0 atom stereocenters. The maximum absolute atomic E-state index is 13.8. The molecule has 0 aliphatic carbocycles. The molecule has 0 fully saturated rings. The summed E-state index contributed by atoms with van der Waals surface area (Å²) < 4.78 is 55.3. The fraction of sp³-hybridized carbons (Fsp3) is 0.0667. The Morgan fingerprint density at radius 2 is 1.72 bits per heavy atom. The summed E-state index contributed by atoms with van der Waals surface area (Å²) in [5, 5.41) is -0.0254. The van der Waals surface area contributed by atoms with E-state index in [1.54, 1.807) is 22.6 Å². The number of aromatic nitrogens is 2. The van der Waals surface area contributed by atoms with Crippen LogP contribution in [0, 0.1) is 9.39 Å². The van der Waals surface area contributed by atoms with Crippen molar-refractivity contribution in [2.24, 2.45) is 0 Å². The fourth-order valence-electron chi connectivity index (χ4n) is 2.29. The molecule has 130 valence electrons. The Kier molecular flexibility index (Phi) is 4.95. The number of benzene rings is 2. The molecule has 0 aliphatic heterocycles. The number of halogens is 7. The van der Waals surface area contributed by atoms with Crippen LogP contribution in [0.2, 0.25) is 10.3 Å². The molecule has 3 nitrogen and oxygen atoms in total. The second-order valence-corrected chi connectivity index (χ2v) is 6.93. The Morgan fingerprint density at radius 3 is 2.36 bits per heavy atom. The predicted octanol–water partition coefficient (Wildman–Crippen LogP) is 6.34. The monoisotopic (exact) mass is 501 g/mol. The zero-order chi connectivity index (χ0) is 18.4. The van der Waals surface area contributed by atoms with E-state index in [0.717, 1.165) is 12.1 Å². The van der Waals surface area contributed by atoms with Gasteiger partial charge < -0.3 is 0 Å². The molecule has 0 amide bonds. The lowest BCUT2D eigenvalue weighted by atomic mass is 10.2. The van der Waals surface area contributed by atoms with Crippen molar-refractivity contribution in [2.75, 3.05) is 4.90 Å². The second-order valence-electron chi connectivity index (χ2n) is 4.91. The second kappa shape index (κ2) is 6.73. The Bertz CT molecular complexity index is 940. The van der Waals surface area contributed by atoms with Crippen LogP contribution < -0.4 is 4.90 Å². The highest BCUT2D eigenvalue weighted by Gasteiger charge is 2.41. The van der Waals surface area contributed by atoms with Gasteiger partial charge in [-0.05, 0) is 70.6 Å². The summed E-state index contributed by atoms with van der Waals surface area (Å²) in [7, 11) is 0. The van der Waals surface area contributed by atoms with E-state index in [0.29, 0.717) is 3.57 Å². The molecule has 1 aromatic heterocycles. The average Bonchev–Trinajstić information content (AvgIpc) is 2.43. The van der Waals surface area contributed by atoms with Crippen LogP contribution in [0.25, 0.3) is 10.9 Å². The summed E-state index contributed by atoms with van der Waals surface area (Å²) >= 11 is 13.4. The largest absolute Gasteiger partial charge is 0.490 e. The lowest BCUT2D eigenvalue weighted by Gasteiger charge is -2.27. The van der Waals surface area contributed by atoms with E-state index in [1.165, 1.54) is 24.3 Å². The highest BCUT2D eigenvalue weighted by atomic mass is 127. The topological polar surface area (TPSA) is 29.0 Å². The molecule has 3 aromatic rings. The third-order valence-corrected chi connectivity index (χ3v) is 4.21.